The van der Waals surface area contributed by atoms with Gasteiger partial charge in [-0.1, -0.05) is 24.3 Å². The van der Waals surface area contributed by atoms with Gasteiger partial charge in [0.2, 0.25) is 0 Å². The number of ketones is 1. The van der Waals surface area contributed by atoms with Crippen LogP contribution in [0.3, 0.4) is 0 Å². The Balaban J connectivity index is 1.49. The zero-order valence-corrected chi connectivity index (χ0v) is 16.8. The van der Waals surface area contributed by atoms with Gasteiger partial charge in [0.05, 0.1) is 19.1 Å². The van der Waals surface area contributed by atoms with Crippen LogP contribution in [-0.4, -0.2) is 48.4 Å². The molecule has 1 amide bonds. The first-order chi connectivity index (χ1) is 14.5. The van der Waals surface area contributed by atoms with Crippen LogP contribution in [0.5, 0.6) is 5.75 Å². The molecule has 1 saturated heterocycles. The monoisotopic (exact) mass is 405 g/mol. The summed E-state index contributed by atoms with van der Waals surface area (Å²) in [5.74, 6) is 0.128. The Morgan fingerprint density at radius 2 is 1.83 bits per heavy atom. The maximum atomic E-state index is 12.8. The Bertz CT molecular complexity index is 1000. The van der Waals surface area contributed by atoms with E-state index in [1.807, 2.05) is 35.2 Å². The van der Waals surface area contributed by atoms with Gasteiger partial charge >= 0.3 is 5.97 Å². The van der Waals surface area contributed by atoms with Gasteiger partial charge in [0.1, 0.15) is 11.4 Å². The molecule has 6 heteroatoms. The molecule has 6 nitrogen and oxygen atoms in total. The zero-order valence-electron chi connectivity index (χ0n) is 16.8. The van der Waals surface area contributed by atoms with Crippen LogP contribution in [0.25, 0.3) is 6.08 Å². The van der Waals surface area contributed by atoms with E-state index in [9.17, 15) is 14.4 Å². The van der Waals surface area contributed by atoms with Crippen LogP contribution in [0.2, 0.25) is 0 Å². The molecule has 0 aliphatic carbocycles. The van der Waals surface area contributed by atoms with E-state index in [1.165, 1.54) is 13.2 Å². The number of carbonyl (C=O) groups excluding carboxylic acids is 3. The highest BCUT2D eigenvalue weighted by Gasteiger charge is 2.43. The Kier molecular flexibility index (Phi) is 5.40. The van der Waals surface area contributed by atoms with E-state index in [2.05, 4.69) is 4.74 Å². The maximum Gasteiger partial charge on any atom is 0.330 e. The standard InChI is InChI=1S/C24H23NO5/c1-29-22(27)10-8-17-7-9-19-20(26)16-24(30-21(19)15-17)11-13-25(14-12-24)23(28)18-5-3-2-4-6-18/h2-10,15H,11-14,16H2,1H3. The molecule has 0 bridgehead atoms. The summed E-state index contributed by atoms with van der Waals surface area (Å²) in [6.07, 6.45) is 4.46. The van der Waals surface area contributed by atoms with E-state index in [0.717, 1.165) is 5.56 Å². The predicted octanol–water partition coefficient (Wildman–Crippen LogP) is 3.51. The number of nitrogens with zero attached hydrogens (tertiary/aromatic N) is 1. The van der Waals surface area contributed by atoms with Gasteiger partial charge in [-0.2, -0.15) is 0 Å². The zero-order chi connectivity index (χ0) is 21.1. The molecule has 1 fully saturated rings. The van der Waals surface area contributed by atoms with Gasteiger partial charge in [-0.25, -0.2) is 4.79 Å². The molecule has 0 aromatic heterocycles. The molecule has 0 radical (unpaired) electrons. The number of rotatable bonds is 3. The van der Waals surface area contributed by atoms with E-state index < -0.39 is 11.6 Å². The molecule has 0 unspecified atom stereocenters. The van der Waals surface area contributed by atoms with Gasteiger partial charge in [0, 0.05) is 37.6 Å². The van der Waals surface area contributed by atoms with Crippen molar-refractivity contribution >= 4 is 23.7 Å². The van der Waals surface area contributed by atoms with Crippen LogP contribution in [0.1, 0.15) is 45.5 Å². The SMILES string of the molecule is COC(=O)C=Cc1ccc2c(c1)OC1(CCN(C(=O)c3ccccc3)CC1)CC2=O. The summed E-state index contributed by atoms with van der Waals surface area (Å²) < 4.78 is 10.9. The second kappa shape index (κ2) is 8.14. The summed E-state index contributed by atoms with van der Waals surface area (Å²) in [5, 5.41) is 0. The number of carbonyl (C=O) groups is 3. The number of piperidine rings is 1. The van der Waals surface area contributed by atoms with Crippen LogP contribution in [-0.2, 0) is 9.53 Å². The first-order valence-electron chi connectivity index (χ1n) is 9.96. The van der Waals surface area contributed by atoms with Gasteiger partial charge in [-0.05, 0) is 35.9 Å². The molecule has 2 heterocycles. The normalized spacial score (nSPS) is 17.5. The fourth-order valence-corrected chi connectivity index (χ4v) is 4.01. The summed E-state index contributed by atoms with van der Waals surface area (Å²) in [6.45, 7) is 1.08. The molecule has 154 valence electrons. The number of fused-ring (bicyclic) bond motifs is 1. The van der Waals surface area contributed by atoms with Crippen molar-refractivity contribution in [3.05, 3.63) is 71.3 Å². The van der Waals surface area contributed by atoms with Crippen LogP contribution < -0.4 is 4.74 Å². The second-order valence-corrected chi connectivity index (χ2v) is 7.66. The first kappa shape index (κ1) is 19.9. The number of likely N-dealkylation sites (tertiary alicyclic amines) is 1. The highest BCUT2D eigenvalue weighted by Crippen LogP contribution is 2.40. The van der Waals surface area contributed by atoms with Crippen LogP contribution in [0, 0.1) is 0 Å². The molecule has 2 aromatic carbocycles. The minimum absolute atomic E-state index is 0.00298. The molecular weight excluding hydrogens is 382 g/mol. The number of Topliss-reactive ketones (excluding diaryl/α,β-unsaturated/α-hetero) is 1. The van der Waals surface area contributed by atoms with E-state index >= 15 is 0 Å². The van der Waals surface area contributed by atoms with Gasteiger partial charge in [-0.3, -0.25) is 9.59 Å². The Hall–Kier alpha value is -3.41. The molecule has 2 aliphatic rings. The fourth-order valence-electron chi connectivity index (χ4n) is 4.01. The Labute approximate surface area is 175 Å². The molecule has 4 rings (SSSR count). The third-order valence-corrected chi connectivity index (χ3v) is 5.71. The molecule has 0 N–H and O–H groups in total. The first-order valence-corrected chi connectivity index (χ1v) is 9.96. The summed E-state index contributed by atoms with van der Waals surface area (Å²) >= 11 is 0. The summed E-state index contributed by atoms with van der Waals surface area (Å²) in [4.78, 5) is 38.6. The lowest BCUT2D eigenvalue weighted by molar-refractivity contribution is -0.134. The van der Waals surface area contributed by atoms with Crippen LogP contribution in [0.15, 0.2) is 54.6 Å². The molecule has 0 saturated carbocycles. The lowest BCUT2D eigenvalue weighted by Gasteiger charge is -2.44. The molecular formula is C24H23NO5. The number of benzene rings is 2. The number of methoxy groups -OCH3 is 1. The van der Waals surface area contributed by atoms with Crippen molar-refractivity contribution < 1.29 is 23.9 Å². The number of esters is 1. The third kappa shape index (κ3) is 3.99. The molecule has 0 atom stereocenters. The second-order valence-electron chi connectivity index (χ2n) is 7.66. The molecule has 30 heavy (non-hydrogen) atoms. The van der Waals surface area contributed by atoms with Crippen LogP contribution in [0.4, 0.5) is 0 Å². The topological polar surface area (TPSA) is 72.9 Å². The van der Waals surface area contributed by atoms with Gasteiger partial charge in [0.25, 0.3) is 5.91 Å². The summed E-state index contributed by atoms with van der Waals surface area (Å²) in [5.41, 5.74) is 1.38. The van der Waals surface area contributed by atoms with E-state index in [-0.39, 0.29) is 11.7 Å². The number of hydrogen-bond donors (Lipinski definition) is 0. The summed E-state index contributed by atoms with van der Waals surface area (Å²) in [6, 6.07) is 14.5. The van der Waals surface area contributed by atoms with Crippen molar-refractivity contribution in [2.45, 2.75) is 24.9 Å². The van der Waals surface area contributed by atoms with E-state index in [0.29, 0.717) is 49.2 Å². The van der Waals surface area contributed by atoms with Crippen molar-refractivity contribution in [2.24, 2.45) is 0 Å². The summed E-state index contributed by atoms with van der Waals surface area (Å²) in [7, 11) is 1.32. The lowest BCUT2D eigenvalue weighted by atomic mass is 9.82. The van der Waals surface area contributed by atoms with E-state index in [1.54, 1.807) is 24.3 Å². The van der Waals surface area contributed by atoms with Crippen molar-refractivity contribution in [2.75, 3.05) is 20.2 Å². The van der Waals surface area contributed by atoms with Crippen LogP contribution >= 0.6 is 0 Å². The van der Waals surface area contributed by atoms with Crippen molar-refractivity contribution in [3.8, 4) is 5.75 Å². The Morgan fingerprint density at radius 3 is 2.53 bits per heavy atom. The fraction of sp³-hybridized carbons (Fsp3) is 0.292. The van der Waals surface area contributed by atoms with Gasteiger partial charge < -0.3 is 14.4 Å². The lowest BCUT2D eigenvalue weighted by Crippen LogP contribution is -2.52. The number of ether oxygens (including phenoxy) is 2. The maximum absolute atomic E-state index is 12.8. The largest absolute Gasteiger partial charge is 0.486 e. The average molecular weight is 405 g/mol. The van der Waals surface area contributed by atoms with E-state index in [4.69, 9.17) is 4.74 Å². The third-order valence-electron chi connectivity index (χ3n) is 5.71. The highest BCUT2D eigenvalue weighted by atomic mass is 16.5. The Morgan fingerprint density at radius 1 is 1.10 bits per heavy atom. The molecule has 2 aromatic rings. The van der Waals surface area contributed by atoms with Gasteiger partial charge in [0.15, 0.2) is 5.78 Å². The minimum Gasteiger partial charge on any atom is -0.486 e. The number of amides is 1. The molecule has 1 spiro atoms. The average Bonchev–Trinajstić information content (AvgIpc) is 2.77. The van der Waals surface area contributed by atoms with Crippen molar-refractivity contribution in [3.63, 3.8) is 0 Å². The van der Waals surface area contributed by atoms with Crippen molar-refractivity contribution in [1.82, 2.24) is 4.90 Å². The quantitative estimate of drug-likeness (QED) is 0.577. The predicted molar refractivity (Wildman–Crippen MR) is 111 cm³/mol. The van der Waals surface area contributed by atoms with Crippen molar-refractivity contribution in [1.29, 1.82) is 0 Å². The minimum atomic E-state index is -0.595. The molecule has 2 aliphatic heterocycles. The highest BCUT2D eigenvalue weighted by molar-refractivity contribution is 6.01. The number of hydrogen-bond acceptors (Lipinski definition) is 5. The van der Waals surface area contributed by atoms with Gasteiger partial charge in [-0.15, -0.1) is 0 Å². The smallest absolute Gasteiger partial charge is 0.330 e.